The number of benzene rings is 1. The second kappa shape index (κ2) is 11.6. The Morgan fingerprint density at radius 1 is 1.13 bits per heavy atom. The Hall–Kier alpha value is -2.54. The number of nitrogens with zero attached hydrogens (tertiary/aromatic N) is 4. The van der Waals surface area contributed by atoms with E-state index in [0.717, 1.165) is 69.6 Å². The van der Waals surface area contributed by atoms with Gasteiger partial charge in [-0.25, -0.2) is 4.99 Å². The molecule has 0 radical (unpaired) electrons. The SMILES string of the molecule is CCNC(=NCc1cc(C(C)C)no1)NCCCN1CCN(c2ccccc2)CC1. The summed E-state index contributed by atoms with van der Waals surface area (Å²) in [6, 6.07) is 12.7. The number of hydrogen-bond acceptors (Lipinski definition) is 5. The molecule has 7 nitrogen and oxygen atoms in total. The summed E-state index contributed by atoms with van der Waals surface area (Å²) >= 11 is 0. The maximum absolute atomic E-state index is 5.38. The van der Waals surface area contributed by atoms with Crippen molar-refractivity contribution in [3.05, 3.63) is 47.9 Å². The van der Waals surface area contributed by atoms with Crippen molar-refractivity contribution in [2.45, 2.75) is 39.7 Å². The standard InChI is InChI=1S/C23H36N6O/c1-4-24-23(26-18-21-17-22(19(2)3)27-30-21)25-11-8-12-28-13-15-29(16-14-28)20-9-6-5-7-10-20/h5-7,9-10,17,19H,4,8,11-16,18H2,1-3H3,(H2,24,25,26). The summed E-state index contributed by atoms with van der Waals surface area (Å²) < 4.78 is 5.38. The fraction of sp³-hybridized carbons (Fsp3) is 0.565. The molecule has 30 heavy (non-hydrogen) atoms. The van der Waals surface area contributed by atoms with Gasteiger partial charge >= 0.3 is 0 Å². The van der Waals surface area contributed by atoms with E-state index in [-0.39, 0.29) is 0 Å². The van der Waals surface area contributed by atoms with Crippen LogP contribution < -0.4 is 15.5 Å². The molecule has 2 N–H and O–H groups in total. The Balaban J connectivity index is 1.36. The van der Waals surface area contributed by atoms with Crippen LogP contribution in [0.2, 0.25) is 0 Å². The van der Waals surface area contributed by atoms with Crippen LogP contribution in [0.25, 0.3) is 0 Å². The second-order valence-corrected chi connectivity index (χ2v) is 8.01. The minimum atomic E-state index is 0.368. The van der Waals surface area contributed by atoms with E-state index in [1.54, 1.807) is 0 Å². The summed E-state index contributed by atoms with van der Waals surface area (Å²) in [7, 11) is 0. The van der Waals surface area contributed by atoms with Crippen molar-refractivity contribution >= 4 is 11.6 Å². The highest BCUT2D eigenvalue weighted by Gasteiger charge is 2.16. The molecular weight excluding hydrogens is 376 g/mol. The molecule has 1 saturated heterocycles. The molecule has 1 fully saturated rings. The number of guanidine groups is 1. The molecule has 0 atom stereocenters. The van der Waals surface area contributed by atoms with Crippen molar-refractivity contribution in [3.63, 3.8) is 0 Å². The lowest BCUT2D eigenvalue weighted by molar-refractivity contribution is 0.255. The van der Waals surface area contributed by atoms with E-state index in [9.17, 15) is 0 Å². The minimum Gasteiger partial charge on any atom is -0.369 e. The molecule has 1 aliphatic rings. The van der Waals surface area contributed by atoms with E-state index in [4.69, 9.17) is 4.52 Å². The van der Waals surface area contributed by atoms with Crippen molar-refractivity contribution in [1.29, 1.82) is 0 Å². The van der Waals surface area contributed by atoms with Gasteiger partial charge in [0.1, 0.15) is 6.54 Å². The van der Waals surface area contributed by atoms with Gasteiger partial charge < -0.3 is 20.1 Å². The fourth-order valence-corrected chi connectivity index (χ4v) is 3.55. The van der Waals surface area contributed by atoms with Gasteiger partial charge in [-0.05, 0) is 37.9 Å². The number of para-hydroxylation sites is 1. The van der Waals surface area contributed by atoms with Gasteiger partial charge in [-0.15, -0.1) is 0 Å². The molecule has 0 amide bonds. The van der Waals surface area contributed by atoms with Gasteiger partial charge in [0.2, 0.25) is 0 Å². The van der Waals surface area contributed by atoms with Gasteiger partial charge in [-0.3, -0.25) is 4.90 Å². The Morgan fingerprint density at radius 3 is 2.57 bits per heavy atom. The van der Waals surface area contributed by atoms with Crippen LogP contribution in [-0.2, 0) is 6.54 Å². The van der Waals surface area contributed by atoms with Crippen molar-refractivity contribution in [2.24, 2.45) is 4.99 Å². The lowest BCUT2D eigenvalue weighted by Crippen LogP contribution is -2.47. The van der Waals surface area contributed by atoms with Gasteiger partial charge in [0.05, 0.1) is 5.69 Å². The van der Waals surface area contributed by atoms with Gasteiger partial charge in [-0.2, -0.15) is 0 Å². The molecule has 1 aromatic heterocycles. The van der Waals surface area contributed by atoms with E-state index in [2.05, 4.69) is 81.7 Å². The molecule has 0 spiro atoms. The van der Waals surface area contributed by atoms with Crippen molar-refractivity contribution in [3.8, 4) is 0 Å². The minimum absolute atomic E-state index is 0.368. The molecular formula is C23H36N6O. The number of aliphatic imine (C=N–C) groups is 1. The summed E-state index contributed by atoms with van der Waals surface area (Å²) in [5, 5.41) is 10.8. The zero-order valence-corrected chi connectivity index (χ0v) is 18.6. The molecule has 2 heterocycles. The molecule has 1 aliphatic heterocycles. The van der Waals surface area contributed by atoms with Crippen LogP contribution in [0, 0.1) is 0 Å². The van der Waals surface area contributed by atoms with Crippen molar-refractivity contribution in [2.75, 3.05) is 50.7 Å². The predicted molar refractivity (Wildman–Crippen MR) is 123 cm³/mol. The summed E-state index contributed by atoms with van der Waals surface area (Å²) in [4.78, 5) is 9.64. The van der Waals surface area contributed by atoms with Crippen molar-refractivity contribution in [1.82, 2.24) is 20.7 Å². The smallest absolute Gasteiger partial charge is 0.191 e. The maximum Gasteiger partial charge on any atom is 0.191 e. The average Bonchev–Trinajstić information content (AvgIpc) is 3.25. The maximum atomic E-state index is 5.38. The van der Waals surface area contributed by atoms with Gasteiger partial charge in [0.25, 0.3) is 0 Å². The number of nitrogens with one attached hydrogen (secondary N) is 2. The van der Waals surface area contributed by atoms with Gasteiger partial charge in [0, 0.05) is 51.0 Å². The molecule has 164 valence electrons. The molecule has 7 heteroatoms. The molecule has 0 aliphatic carbocycles. The third-order valence-corrected chi connectivity index (χ3v) is 5.34. The third-order valence-electron chi connectivity index (χ3n) is 5.34. The number of piperazine rings is 1. The van der Waals surface area contributed by atoms with E-state index in [1.807, 2.05) is 6.07 Å². The Morgan fingerprint density at radius 2 is 1.90 bits per heavy atom. The Bertz CT molecular complexity index is 765. The van der Waals surface area contributed by atoms with E-state index in [1.165, 1.54) is 5.69 Å². The lowest BCUT2D eigenvalue weighted by atomic mass is 10.1. The molecule has 1 aromatic carbocycles. The largest absolute Gasteiger partial charge is 0.369 e. The van der Waals surface area contributed by atoms with Gasteiger partial charge in [-0.1, -0.05) is 37.2 Å². The first-order valence-corrected chi connectivity index (χ1v) is 11.2. The van der Waals surface area contributed by atoms with E-state index in [0.29, 0.717) is 12.5 Å². The lowest BCUT2D eigenvalue weighted by Gasteiger charge is -2.36. The zero-order chi connectivity index (χ0) is 21.2. The third kappa shape index (κ3) is 6.76. The molecule has 0 saturated carbocycles. The van der Waals surface area contributed by atoms with Crippen molar-refractivity contribution < 1.29 is 4.52 Å². The average molecular weight is 413 g/mol. The van der Waals surface area contributed by atoms with Crippen LogP contribution in [0.1, 0.15) is 44.6 Å². The van der Waals surface area contributed by atoms with E-state index < -0.39 is 0 Å². The molecule has 0 unspecified atom stereocenters. The van der Waals surface area contributed by atoms with Crippen LogP contribution in [0.15, 0.2) is 45.9 Å². The topological polar surface area (TPSA) is 68.9 Å². The predicted octanol–water partition coefficient (Wildman–Crippen LogP) is 3.07. The number of hydrogen-bond donors (Lipinski definition) is 2. The summed E-state index contributed by atoms with van der Waals surface area (Å²) in [6.45, 7) is 14.1. The first-order valence-electron chi connectivity index (χ1n) is 11.2. The molecule has 2 aromatic rings. The van der Waals surface area contributed by atoms with Crippen LogP contribution >= 0.6 is 0 Å². The Labute approximate surface area is 180 Å². The highest BCUT2D eigenvalue weighted by atomic mass is 16.5. The number of anilines is 1. The van der Waals surface area contributed by atoms with Crippen LogP contribution in [0.5, 0.6) is 0 Å². The fourth-order valence-electron chi connectivity index (χ4n) is 3.55. The van der Waals surface area contributed by atoms with E-state index >= 15 is 0 Å². The number of rotatable bonds is 9. The first kappa shape index (κ1) is 22.2. The number of aromatic nitrogens is 1. The molecule has 3 rings (SSSR count). The van der Waals surface area contributed by atoms with Crippen LogP contribution in [0.3, 0.4) is 0 Å². The highest BCUT2D eigenvalue weighted by Crippen LogP contribution is 2.16. The van der Waals surface area contributed by atoms with Gasteiger partial charge in [0.15, 0.2) is 11.7 Å². The quantitative estimate of drug-likeness (QED) is 0.375. The van der Waals surface area contributed by atoms with Crippen LogP contribution in [0.4, 0.5) is 5.69 Å². The zero-order valence-electron chi connectivity index (χ0n) is 18.6. The summed E-state index contributed by atoms with van der Waals surface area (Å²) in [5.74, 6) is 1.99. The Kier molecular flexibility index (Phi) is 8.56. The monoisotopic (exact) mass is 412 g/mol. The second-order valence-electron chi connectivity index (χ2n) is 8.01. The summed E-state index contributed by atoms with van der Waals surface area (Å²) in [6.07, 6.45) is 1.09. The molecule has 0 bridgehead atoms. The highest BCUT2D eigenvalue weighted by molar-refractivity contribution is 5.79. The first-order chi connectivity index (χ1) is 14.7. The summed E-state index contributed by atoms with van der Waals surface area (Å²) in [5.41, 5.74) is 2.31. The normalized spacial score (nSPS) is 15.6. The van der Waals surface area contributed by atoms with Crippen LogP contribution in [-0.4, -0.2) is 61.8 Å².